The summed E-state index contributed by atoms with van der Waals surface area (Å²) in [6.45, 7) is 1.60. The van der Waals surface area contributed by atoms with E-state index in [2.05, 4.69) is 15.2 Å². The Bertz CT molecular complexity index is 1290. The molecule has 4 heterocycles. The number of rotatable bonds is 5. The van der Waals surface area contributed by atoms with Gasteiger partial charge >= 0.3 is 6.18 Å². The fourth-order valence-corrected chi connectivity index (χ4v) is 6.09. The molecule has 1 aromatic heterocycles. The number of carbonyl (C=O) groups excluding carboxylic acids is 3. The van der Waals surface area contributed by atoms with Crippen molar-refractivity contribution in [2.75, 3.05) is 13.1 Å². The zero-order chi connectivity index (χ0) is 26.6. The van der Waals surface area contributed by atoms with E-state index in [1.165, 1.54) is 17.2 Å². The fourth-order valence-electron chi connectivity index (χ4n) is 6.09. The number of alkyl halides is 3. The molecule has 8 nitrogen and oxygen atoms in total. The van der Waals surface area contributed by atoms with Crippen LogP contribution in [0.5, 0.6) is 5.75 Å². The van der Waals surface area contributed by atoms with E-state index in [1.807, 2.05) is 6.07 Å². The highest BCUT2D eigenvalue weighted by molar-refractivity contribution is 6.05. The fraction of sp³-hybridized carbons (Fsp3) is 0.481. The van der Waals surface area contributed by atoms with Gasteiger partial charge in [0.2, 0.25) is 11.8 Å². The number of ether oxygens (including phenoxy) is 1. The second-order valence-electron chi connectivity index (χ2n) is 10.5. The molecule has 1 aromatic carbocycles. The van der Waals surface area contributed by atoms with E-state index in [0.29, 0.717) is 36.4 Å². The van der Waals surface area contributed by atoms with Crippen molar-refractivity contribution in [2.45, 2.75) is 68.9 Å². The molecule has 0 bridgehead atoms. The van der Waals surface area contributed by atoms with Gasteiger partial charge in [0.15, 0.2) is 0 Å². The van der Waals surface area contributed by atoms with Crippen molar-refractivity contribution in [3.8, 4) is 5.75 Å². The van der Waals surface area contributed by atoms with Gasteiger partial charge in [0, 0.05) is 56.0 Å². The van der Waals surface area contributed by atoms with Gasteiger partial charge < -0.3 is 9.64 Å². The number of hydrogen-bond donors (Lipinski definition) is 1. The predicted octanol–water partition coefficient (Wildman–Crippen LogP) is 3.26. The van der Waals surface area contributed by atoms with E-state index < -0.39 is 23.7 Å². The van der Waals surface area contributed by atoms with E-state index in [9.17, 15) is 27.6 Å². The molecule has 4 aliphatic rings. The first-order chi connectivity index (χ1) is 18.2. The average molecular weight is 529 g/mol. The first kappa shape index (κ1) is 24.8. The van der Waals surface area contributed by atoms with E-state index in [1.54, 1.807) is 12.1 Å². The molecule has 3 amide bonds. The summed E-state index contributed by atoms with van der Waals surface area (Å²) in [7, 11) is 0. The Balaban J connectivity index is 1.09. The Hall–Kier alpha value is -3.47. The van der Waals surface area contributed by atoms with Crippen molar-refractivity contribution in [3.63, 3.8) is 0 Å². The minimum absolute atomic E-state index is 0.00956. The third kappa shape index (κ3) is 4.53. The zero-order valence-electron chi connectivity index (χ0n) is 20.5. The third-order valence-electron chi connectivity index (χ3n) is 8.14. The van der Waals surface area contributed by atoms with Gasteiger partial charge in [0.25, 0.3) is 5.91 Å². The lowest BCUT2D eigenvalue weighted by Gasteiger charge is -2.45. The lowest BCUT2D eigenvalue weighted by molar-refractivity contribution is -0.138. The summed E-state index contributed by atoms with van der Waals surface area (Å²) in [5.41, 5.74) is 1.20. The van der Waals surface area contributed by atoms with Crippen LogP contribution in [0.25, 0.3) is 0 Å². The number of nitrogens with one attached hydrogen (secondary N) is 1. The Morgan fingerprint density at radius 1 is 1.03 bits per heavy atom. The second-order valence-corrected chi connectivity index (χ2v) is 10.5. The Morgan fingerprint density at radius 3 is 2.61 bits per heavy atom. The summed E-state index contributed by atoms with van der Waals surface area (Å²) >= 11 is 0. The molecule has 1 N–H and O–H groups in total. The number of benzene rings is 1. The van der Waals surface area contributed by atoms with Gasteiger partial charge in [-0.25, -0.2) is 0 Å². The zero-order valence-corrected chi connectivity index (χ0v) is 20.5. The van der Waals surface area contributed by atoms with Crippen LogP contribution in [0.1, 0.15) is 65.1 Å². The van der Waals surface area contributed by atoms with Crippen molar-refractivity contribution in [1.82, 2.24) is 20.1 Å². The quantitative estimate of drug-likeness (QED) is 0.600. The van der Waals surface area contributed by atoms with E-state index in [4.69, 9.17) is 4.74 Å². The molecule has 1 aliphatic carbocycles. The first-order valence-corrected chi connectivity index (χ1v) is 12.9. The highest BCUT2D eigenvalue weighted by atomic mass is 19.4. The summed E-state index contributed by atoms with van der Waals surface area (Å²) in [5.74, 6) is -0.331. The first-order valence-electron chi connectivity index (χ1n) is 12.9. The van der Waals surface area contributed by atoms with Gasteiger partial charge in [-0.3, -0.25) is 29.6 Å². The van der Waals surface area contributed by atoms with E-state index >= 15 is 0 Å². The van der Waals surface area contributed by atoms with Crippen molar-refractivity contribution < 1.29 is 32.3 Å². The number of imide groups is 1. The highest BCUT2D eigenvalue weighted by Crippen LogP contribution is 2.38. The summed E-state index contributed by atoms with van der Waals surface area (Å²) in [4.78, 5) is 44.3. The maximum Gasteiger partial charge on any atom is 0.417 e. The van der Waals surface area contributed by atoms with Crippen molar-refractivity contribution in [2.24, 2.45) is 0 Å². The molecule has 38 heavy (non-hydrogen) atoms. The molecular formula is C27H27F3N4O4. The number of pyridine rings is 1. The molecule has 11 heteroatoms. The number of likely N-dealkylation sites (tertiary alicyclic amines) is 1. The minimum Gasteiger partial charge on any atom is -0.489 e. The number of piperidine rings is 1. The average Bonchev–Trinajstić information content (AvgIpc) is 3.42. The number of fused-ring (bicyclic) bond motifs is 1. The van der Waals surface area contributed by atoms with Gasteiger partial charge in [-0.1, -0.05) is 0 Å². The molecule has 2 aromatic rings. The number of amides is 3. The predicted molar refractivity (Wildman–Crippen MR) is 128 cm³/mol. The second kappa shape index (κ2) is 9.37. The Morgan fingerprint density at radius 2 is 1.84 bits per heavy atom. The van der Waals surface area contributed by atoms with Crippen LogP contribution in [0.2, 0.25) is 0 Å². The van der Waals surface area contributed by atoms with Crippen LogP contribution in [-0.4, -0.2) is 63.8 Å². The van der Waals surface area contributed by atoms with Gasteiger partial charge in [-0.05, 0) is 61.1 Å². The number of carbonyl (C=O) groups is 3. The van der Waals surface area contributed by atoms with Crippen LogP contribution in [0.4, 0.5) is 13.2 Å². The molecular weight excluding hydrogens is 501 g/mol. The largest absolute Gasteiger partial charge is 0.489 e. The molecule has 6 rings (SSSR count). The summed E-state index contributed by atoms with van der Waals surface area (Å²) < 4.78 is 45.6. The summed E-state index contributed by atoms with van der Waals surface area (Å²) in [6, 6.07) is 6.04. The standard InChI is InChI=1S/C27H27F3N4O4/c28-27(29,30)18-8-15(10-31-11-18)17-12-33(13-17)21-2-1-3-23(21)38-19-4-5-20-16(9-19)14-34(26(20)37)22-6-7-24(35)32-25(22)36/h4-5,8-11,17,21-23H,1-3,6-7,12-14H2,(H,32,35,36)/t21-,22?,23-/m0/s1. The molecule has 3 atom stereocenters. The van der Waals surface area contributed by atoms with Gasteiger partial charge in [0.1, 0.15) is 17.9 Å². The monoisotopic (exact) mass is 528 g/mol. The van der Waals surface area contributed by atoms with E-state index in [0.717, 1.165) is 31.0 Å². The van der Waals surface area contributed by atoms with Crippen molar-refractivity contribution in [1.29, 1.82) is 0 Å². The number of aromatic nitrogens is 1. The molecule has 3 fully saturated rings. The molecule has 200 valence electrons. The normalized spacial score (nSPS) is 26.3. The van der Waals surface area contributed by atoms with E-state index in [-0.39, 0.29) is 42.8 Å². The molecule has 3 aliphatic heterocycles. The van der Waals surface area contributed by atoms with Crippen LogP contribution in [0.15, 0.2) is 36.7 Å². The highest BCUT2D eigenvalue weighted by Gasteiger charge is 2.42. The molecule has 2 saturated heterocycles. The van der Waals surface area contributed by atoms with Gasteiger partial charge in [-0.15, -0.1) is 0 Å². The SMILES string of the molecule is O=C1CCC(N2Cc3cc(O[C@H]4CCC[C@@H]4N4CC(c5cncc(C(F)(F)F)c5)C4)ccc3C2=O)C(=O)N1. The Kier molecular flexibility index (Phi) is 6.13. The molecule has 0 spiro atoms. The lowest BCUT2D eigenvalue weighted by atomic mass is 9.89. The molecule has 1 unspecified atom stereocenters. The third-order valence-corrected chi connectivity index (χ3v) is 8.14. The van der Waals surface area contributed by atoms with Gasteiger partial charge in [0.05, 0.1) is 5.56 Å². The van der Waals surface area contributed by atoms with Crippen LogP contribution in [-0.2, 0) is 22.3 Å². The smallest absolute Gasteiger partial charge is 0.417 e. The topological polar surface area (TPSA) is 91.8 Å². The molecule has 0 radical (unpaired) electrons. The number of hydrogen-bond acceptors (Lipinski definition) is 6. The molecule has 1 saturated carbocycles. The van der Waals surface area contributed by atoms with Crippen molar-refractivity contribution >= 4 is 17.7 Å². The van der Waals surface area contributed by atoms with Crippen LogP contribution >= 0.6 is 0 Å². The number of halogens is 3. The Labute approximate surface area is 217 Å². The van der Waals surface area contributed by atoms with Crippen molar-refractivity contribution in [3.05, 3.63) is 58.9 Å². The maximum atomic E-state index is 13.1. The van der Waals surface area contributed by atoms with Crippen LogP contribution in [0.3, 0.4) is 0 Å². The van der Waals surface area contributed by atoms with Crippen LogP contribution in [0, 0.1) is 0 Å². The van der Waals surface area contributed by atoms with Crippen LogP contribution < -0.4 is 10.1 Å². The summed E-state index contributed by atoms with van der Waals surface area (Å²) in [5, 5.41) is 2.31. The minimum atomic E-state index is -4.41. The number of nitrogens with zero attached hydrogens (tertiary/aromatic N) is 3. The summed E-state index contributed by atoms with van der Waals surface area (Å²) in [6.07, 6.45) is 1.24. The maximum absolute atomic E-state index is 13.1. The van der Waals surface area contributed by atoms with Gasteiger partial charge in [-0.2, -0.15) is 13.2 Å². The lowest BCUT2D eigenvalue weighted by Crippen LogP contribution is -2.54.